The topological polar surface area (TPSA) is 88.9 Å². The first-order valence-corrected chi connectivity index (χ1v) is 3.46. The Morgan fingerprint density at radius 3 is 2.36 bits per heavy atom. The number of hydrazone groups is 1. The third-order valence-corrected chi connectivity index (χ3v) is 1.65. The molecule has 1 rings (SSSR count). The van der Waals surface area contributed by atoms with E-state index in [9.17, 15) is 13.2 Å². The van der Waals surface area contributed by atoms with Crippen molar-refractivity contribution in [3.8, 4) is 0 Å². The van der Waals surface area contributed by atoms with Crippen molar-refractivity contribution in [3.05, 3.63) is 0 Å². The van der Waals surface area contributed by atoms with Gasteiger partial charge < -0.3 is 10.6 Å². The Balaban J connectivity index is 2.94. The van der Waals surface area contributed by atoms with E-state index in [1.807, 2.05) is 0 Å². The van der Waals surface area contributed by atoms with E-state index >= 15 is 0 Å². The summed E-state index contributed by atoms with van der Waals surface area (Å²) in [6.45, 7) is 0. The molecule has 0 bridgehead atoms. The molecule has 0 radical (unpaired) electrons. The number of amidine groups is 2. The number of alkyl halides is 3. The summed E-state index contributed by atoms with van der Waals surface area (Å²) in [6, 6.07) is 0. The second-order valence-electron chi connectivity index (χ2n) is 2.68. The van der Waals surface area contributed by atoms with Gasteiger partial charge in [0.15, 0.2) is 11.7 Å². The molecular formula is C5H8F3N5O. The lowest BCUT2D eigenvalue weighted by molar-refractivity contribution is -0.269. The van der Waals surface area contributed by atoms with Crippen LogP contribution < -0.4 is 5.73 Å². The normalized spacial score (nSPS) is 22.6. The van der Waals surface area contributed by atoms with Gasteiger partial charge in [0.2, 0.25) is 6.17 Å². The van der Waals surface area contributed by atoms with Crippen LogP contribution in [0.2, 0.25) is 0 Å². The Hall–Kier alpha value is -1.51. The van der Waals surface area contributed by atoms with Crippen LogP contribution in [0.15, 0.2) is 5.10 Å². The molecule has 1 aliphatic heterocycles. The molecule has 9 heteroatoms. The maximum atomic E-state index is 12.3. The molecule has 1 heterocycles. The van der Waals surface area contributed by atoms with Gasteiger partial charge in [-0.15, -0.1) is 10.3 Å². The molecule has 0 saturated heterocycles. The van der Waals surface area contributed by atoms with E-state index in [1.165, 1.54) is 0 Å². The molecule has 0 aromatic rings. The molecule has 80 valence electrons. The molecule has 1 atom stereocenters. The van der Waals surface area contributed by atoms with Gasteiger partial charge in [-0.2, -0.15) is 13.2 Å². The van der Waals surface area contributed by atoms with Crippen molar-refractivity contribution in [1.29, 1.82) is 5.41 Å². The summed E-state index contributed by atoms with van der Waals surface area (Å²) in [5.41, 5.74) is 4.96. The molecule has 0 amide bonds. The van der Waals surface area contributed by atoms with E-state index < -0.39 is 24.0 Å². The van der Waals surface area contributed by atoms with Gasteiger partial charge in [0.1, 0.15) is 0 Å². The maximum Gasteiger partial charge on any atom is 0.431 e. The summed E-state index contributed by atoms with van der Waals surface area (Å²) in [7, 11) is 1.04. The number of nitrogens with one attached hydrogen (secondary N) is 1. The second kappa shape index (κ2) is 3.01. The zero-order valence-corrected chi connectivity index (χ0v) is 7.08. The van der Waals surface area contributed by atoms with E-state index in [2.05, 4.69) is 5.10 Å². The fourth-order valence-electron chi connectivity index (χ4n) is 1.09. The second-order valence-corrected chi connectivity index (χ2v) is 2.68. The lowest BCUT2D eigenvalue weighted by Gasteiger charge is -2.26. The highest BCUT2D eigenvalue weighted by molar-refractivity contribution is 6.38. The van der Waals surface area contributed by atoms with Crippen LogP contribution in [0, 0.1) is 5.41 Å². The van der Waals surface area contributed by atoms with E-state index in [-0.39, 0.29) is 5.17 Å². The molecule has 0 fully saturated rings. The zero-order valence-electron chi connectivity index (χ0n) is 7.08. The summed E-state index contributed by atoms with van der Waals surface area (Å²) in [5, 5.41) is 18.6. The van der Waals surface area contributed by atoms with Crippen LogP contribution in [0.1, 0.15) is 0 Å². The number of hydrogen-bond donors (Lipinski definition) is 3. The molecule has 0 aromatic heterocycles. The molecule has 0 spiro atoms. The third-order valence-electron chi connectivity index (χ3n) is 1.65. The SMILES string of the molecule is CN1C(C(=N)N)=NN(O)C1C(F)(F)F. The first-order valence-electron chi connectivity index (χ1n) is 3.46. The van der Waals surface area contributed by atoms with Crippen molar-refractivity contribution in [1.82, 2.24) is 10.1 Å². The molecule has 1 aliphatic rings. The first-order chi connectivity index (χ1) is 6.25. The number of likely N-dealkylation sites (N-methyl/N-ethyl adjacent to an activating group) is 1. The quantitative estimate of drug-likeness (QED) is 0.412. The lowest BCUT2D eigenvalue weighted by atomic mass is 10.4. The van der Waals surface area contributed by atoms with E-state index in [0.717, 1.165) is 7.05 Å². The monoisotopic (exact) mass is 211 g/mol. The average molecular weight is 211 g/mol. The molecule has 1 unspecified atom stereocenters. The van der Waals surface area contributed by atoms with Gasteiger partial charge in [0, 0.05) is 7.05 Å². The van der Waals surface area contributed by atoms with Crippen LogP contribution in [0.4, 0.5) is 13.2 Å². The standard InChI is InChI=1S/C5H8F3N5O/c1-12-3(2(9)10)11-13(14)4(12)5(6,7)8/h4,14H,1H3,(H3,9,10). The van der Waals surface area contributed by atoms with Crippen LogP contribution in [0.25, 0.3) is 0 Å². The van der Waals surface area contributed by atoms with E-state index in [0.29, 0.717) is 4.90 Å². The van der Waals surface area contributed by atoms with Gasteiger partial charge in [-0.05, 0) is 0 Å². The minimum atomic E-state index is -4.68. The molecule has 4 N–H and O–H groups in total. The predicted molar refractivity (Wildman–Crippen MR) is 40.6 cm³/mol. The van der Waals surface area contributed by atoms with Gasteiger partial charge in [-0.1, -0.05) is 0 Å². The Bertz CT molecular complexity index is 288. The highest BCUT2D eigenvalue weighted by Crippen LogP contribution is 2.29. The van der Waals surface area contributed by atoms with Crippen LogP contribution in [0.3, 0.4) is 0 Å². The zero-order chi connectivity index (χ0) is 11.1. The molecule has 14 heavy (non-hydrogen) atoms. The fourth-order valence-corrected chi connectivity index (χ4v) is 1.09. The summed E-state index contributed by atoms with van der Waals surface area (Å²) in [4.78, 5) is 0.572. The van der Waals surface area contributed by atoms with Gasteiger partial charge in [-0.25, -0.2) is 0 Å². The minimum absolute atomic E-state index is 0.267. The van der Waals surface area contributed by atoms with Crippen LogP contribution in [-0.2, 0) is 0 Å². The highest BCUT2D eigenvalue weighted by Gasteiger charge is 2.51. The Kier molecular flexibility index (Phi) is 2.27. The smallest absolute Gasteiger partial charge is 0.381 e. The summed E-state index contributed by atoms with van der Waals surface area (Å²) in [6.07, 6.45) is -6.97. The van der Waals surface area contributed by atoms with Crippen molar-refractivity contribution >= 4 is 11.7 Å². The summed E-state index contributed by atoms with van der Waals surface area (Å²) in [5.74, 6) is -1.06. The number of rotatable bonds is 1. The van der Waals surface area contributed by atoms with Gasteiger partial charge in [-0.3, -0.25) is 10.6 Å². The number of hydrogen-bond acceptors (Lipinski definition) is 5. The third kappa shape index (κ3) is 1.58. The number of nitrogens with two attached hydrogens (primary N) is 1. The number of hydroxylamine groups is 1. The molecule has 0 aromatic carbocycles. The van der Waals surface area contributed by atoms with Gasteiger partial charge in [0.25, 0.3) is 0 Å². The maximum absolute atomic E-state index is 12.3. The van der Waals surface area contributed by atoms with Gasteiger partial charge in [0.05, 0.1) is 0 Å². The van der Waals surface area contributed by atoms with E-state index in [1.54, 1.807) is 0 Å². The van der Waals surface area contributed by atoms with Crippen molar-refractivity contribution in [3.63, 3.8) is 0 Å². The van der Waals surface area contributed by atoms with Crippen molar-refractivity contribution in [2.45, 2.75) is 12.3 Å². The molecular weight excluding hydrogens is 203 g/mol. The predicted octanol–water partition coefficient (Wildman–Crippen LogP) is -0.239. The van der Waals surface area contributed by atoms with Crippen molar-refractivity contribution in [2.24, 2.45) is 10.8 Å². The Morgan fingerprint density at radius 1 is 1.64 bits per heavy atom. The Labute approximate surface area is 76.8 Å². The number of nitrogens with zero attached hydrogens (tertiary/aromatic N) is 3. The lowest BCUT2D eigenvalue weighted by Crippen LogP contribution is -2.50. The van der Waals surface area contributed by atoms with E-state index in [4.69, 9.17) is 16.4 Å². The van der Waals surface area contributed by atoms with Crippen molar-refractivity contribution < 1.29 is 18.4 Å². The summed E-state index contributed by atoms with van der Waals surface area (Å²) < 4.78 is 36.8. The minimum Gasteiger partial charge on any atom is -0.381 e. The molecule has 0 saturated carbocycles. The summed E-state index contributed by atoms with van der Waals surface area (Å²) >= 11 is 0. The van der Waals surface area contributed by atoms with Crippen LogP contribution >= 0.6 is 0 Å². The number of halogens is 3. The largest absolute Gasteiger partial charge is 0.431 e. The van der Waals surface area contributed by atoms with Crippen LogP contribution in [0.5, 0.6) is 0 Å². The molecule has 0 aliphatic carbocycles. The van der Waals surface area contributed by atoms with Crippen molar-refractivity contribution in [2.75, 3.05) is 7.05 Å². The average Bonchev–Trinajstić information content (AvgIpc) is 2.24. The van der Waals surface area contributed by atoms with Gasteiger partial charge >= 0.3 is 6.18 Å². The molecule has 6 nitrogen and oxygen atoms in total. The first kappa shape index (κ1) is 10.6. The Morgan fingerprint density at radius 2 is 2.14 bits per heavy atom. The highest BCUT2D eigenvalue weighted by atomic mass is 19.4. The van der Waals surface area contributed by atoms with Crippen LogP contribution in [-0.4, -0.2) is 46.3 Å². The fraction of sp³-hybridized carbons (Fsp3) is 0.600.